The van der Waals surface area contributed by atoms with Gasteiger partial charge in [0.05, 0.1) is 17.6 Å². The van der Waals surface area contributed by atoms with Gasteiger partial charge in [0.25, 0.3) is 0 Å². The number of hydrogen-bond donors (Lipinski definition) is 1. The number of nitrogens with zero attached hydrogens (tertiary/aromatic N) is 1. The summed E-state index contributed by atoms with van der Waals surface area (Å²) in [6, 6.07) is 3.58. The van der Waals surface area contributed by atoms with Gasteiger partial charge in [0.2, 0.25) is 0 Å². The summed E-state index contributed by atoms with van der Waals surface area (Å²) in [7, 11) is -2.90. The van der Waals surface area contributed by atoms with Gasteiger partial charge in [-0.15, -0.1) is 11.8 Å². The summed E-state index contributed by atoms with van der Waals surface area (Å²) in [4.78, 5) is 4.98. The molecular weight excluding hydrogens is 246 g/mol. The van der Waals surface area contributed by atoms with Gasteiger partial charge < -0.3 is 5.11 Å². The molecule has 0 saturated carbocycles. The highest BCUT2D eigenvalue weighted by atomic mass is 32.2. The van der Waals surface area contributed by atoms with Crippen molar-refractivity contribution in [3.8, 4) is 0 Å². The summed E-state index contributed by atoms with van der Waals surface area (Å²) in [5, 5.41) is 9.25. The van der Waals surface area contributed by atoms with Crippen molar-refractivity contribution in [2.75, 3.05) is 17.8 Å². The van der Waals surface area contributed by atoms with Crippen LogP contribution in [0.15, 0.2) is 23.2 Å². The van der Waals surface area contributed by atoms with Gasteiger partial charge in [-0.1, -0.05) is 0 Å². The number of rotatable bonds is 5. The van der Waals surface area contributed by atoms with Crippen LogP contribution in [0.5, 0.6) is 0 Å². The molecule has 0 amide bonds. The van der Waals surface area contributed by atoms with Crippen LogP contribution in [0.4, 0.5) is 0 Å². The quantitative estimate of drug-likeness (QED) is 0.809. The highest BCUT2D eigenvalue weighted by molar-refractivity contribution is 8.00. The standard InChI is InChI=1S/C10H15NO3S2/c1-8(12)10-4-3-9(7-11-10)15-5-6-16(2,13)14/h3-4,7-8,12H,5-6H2,1-2H3. The van der Waals surface area contributed by atoms with Crippen LogP contribution >= 0.6 is 11.8 Å². The molecule has 0 radical (unpaired) electrons. The highest BCUT2D eigenvalue weighted by Gasteiger charge is 2.04. The number of aromatic nitrogens is 1. The molecule has 1 aromatic rings. The fourth-order valence-corrected chi connectivity index (χ4v) is 3.11. The zero-order valence-electron chi connectivity index (χ0n) is 9.25. The number of aliphatic hydroxyl groups is 1. The van der Waals surface area contributed by atoms with Crippen molar-refractivity contribution in [2.45, 2.75) is 17.9 Å². The first-order chi connectivity index (χ1) is 7.38. The van der Waals surface area contributed by atoms with E-state index in [4.69, 9.17) is 0 Å². The number of aliphatic hydroxyl groups excluding tert-OH is 1. The van der Waals surface area contributed by atoms with Crippen molar-refractivity contribution in [2.24, 2.45) is 0 Å². The van der Waals surface area contributed by atoms with Crippen LogP contribution in [0.2, 0.25) is 0 Å². The number of hydrogen-bond acceptors (Lipinski definition) is 5. The van der Waals surface area contributed by atoms with E-state index >= 15 is 0 Å². The maximum absolute atomic E-state index is 10.9. The maximum Gasteiger partial charge on any atom is 0.148 e. The summed E-state index contributed by atoms with van der Waals surface area (Å²) in [5.74, 6) is 0.685. The Morgan fingerprint density at radius 2 is 2.19 bits per heavy atom. The molecule has 1 aromatic heterocycles. The summed E-state index contributed by atoms with van der Waals surface area (Å²) in [6.45, 7) is 1.65. The zero-order chi connectivity index (χ0) is 12.2. The molecule has 0 fully saturated rings. The molecule has 4 nitrogen and oxygen atoms in total. The normalized spacial score (nSPS) is 13.7. The summed E-state index contributed by atoms with van der Waals surface area (Å²) >= 11 is 1.44. The van der Waals surface area contributed by atoms with Crippen LogP contribution in [-0.4, -0.2) is 36.3 Å². The molecule has 16 heavy (non-hydrogen) atoms. The number of sulfone groups is 1. The number of thioether (sulfide) groups is 1. The Morgan fingerprint density at radius 3 is 2.62 bits per heavy atom. The summed E-state index contributed by atoms with van der Waals surface area (Å²) < 4.78 is 21.8. The molecule has 1 unspecified atom stereocenters. The Kier molecular flexibility index (Phi) is 4.76. The van der Waals surface area contributed by atoms with E-state index in [1.165, 1.54) is 18.0 Å². The van der Waals surface area contributed by atoms with Crippen LogP contribution in [0.3, 0.4) is 0 Å². The molecule has 1 heterocycles. The van der Waals surface area contributed by atoms with Crippen molar-refractivity contribution >= 4 is 21.6 Å². The Labute approximate surface area is 100 Å². The Morgan fingerprint density at radius 1 is 1.50 bits per heavy atom. The smallest absolute Gasteiger partial charge is 0.148 e. The number of pyridine rings is 1. The molecule has 1 N–H and O–H groups in total. The molecule has 0 aromatic carbocycles. The van der Waals surface area contributed by atoms with E-state index in [2.05, 4.69) is 4.98 Å². The van der Waals surface area contributed by atoms with Crippen LogP contribution in [0.1, 0.15) is 18.7 Å². The van der Waals surface area contributed by atoms with Gasteiger partial charge in [0, 0.05) is 23.1 Å². The van der Waals surface area contributed by atoms with Gasteiger partial charge in [-0.2, -0.15) is 0 Å². The third kappa shape index (κ3) is 4.96. The fourth-order valence-electron chi connectivity index (χ4n) is 1.04. The molecule has 0 bridgehead atoms. The lowest BCUT2D eigenvalue weighted by atomic mass is 10.2. The second-order valence-corrected chi connectivity index (χ2v) is 7.00. The van der Waals surface area contributed by atoms with Crippen molar-refractivity contribution in [1.29, 1.82) is 0 Å². The molecule has 0 aliphatic rings. The molecule has 0 spiro atoms. The monoisotopic (exact) mass is 261 g/mol. The SMILES string of the molecule is CC(O)c1ccc(SCCS(C)(=O)=O)cn1. The average Bonchev–Trinajstić information content (AvgIpc) is 2.16. The molecule has 6 heteroatoms. The van der Waals surface area contributed by atoms with E-state index in [1.807, 2.05) is 6.07 Å². The van der Waals surface area contributed by atoms with E-state index in [-0.39, 0.29) is 5.75 Å². The first-order valence-electron chi connectivity index (χ1n) is 4.83. The second kappa shape index (κ2) is 5.65. The molecule has 0 aliphatic carbocycles. The Bertz CT molecular complexity index is 426. The molecule has 90 valence electrons. The first-order valence-corrected chi connectivity index (χ1v) is 7.87. The third-order valence-electron chi connectivity index (χ3n) is 1.91. The van der Waals surface area contributed by atoms with Gasteiger partial charge in [0.1, 0.15) is 9.84 Å². The van der Waals surface area contributed by atoms with Gasteiger partial charge in [-0.05, 0) is 19.1 Å². The van der Waals surface area contributed by atoms with E-state index in [0.29, 0.717) is 11.4 Å². The predicted octanol–water partition coefficient (Wildman–Crippen LogP) is 1.27. The van der Waals surface area contributed by atoms with Crippen molar-refractivity contribution < 1.29 is 13.5 Å². The summed E-state index contributed by atoms with van der Waals surface area (Å²) in [5.41, 5.74) is 0.618. The van der Waals surface area contributed by atoms with E-state index in [0.717, 1.165) is 4.90 Å². The largest absolute Gasteiger partial charge is 0.387 e. The van der Waals surface area contributed by atoms with Gasteiger partial charge >= 0.3 is 0 Å². The molecule has 1 rings (SSSR count). The highest BCUT2D eigenvalue weighted by Crippen LogP contribution is 2.18. The van der Waals surface area contributed by atoms with E-state index < -0.39 is 15.9 Å². The van der Waals surface area contributed by atoms with Gasteiger partial charge in [-0.25, -0.2) is 8.42 Å². The lowest BCUT2D eigenvalue weighted by molar-refractivity contribution is 0.194. The van der Waals surface area contributed by atoms with Gasteiger partial charge in [0.15, 0.2) is 0 Å². The Balaban J connectivity index is 2.50. The molecule has 0 saturated heterocycles. The minimum atomic E-state index is -2.90. The van der Waals surface area contributed by atoms with Crippen LogP contribution in [0.25, 0.3) is 0 Å². The third-order valence-corrected chi connectivity index (χ3v) is 4.10. The molecule has 1 atom stereocenters. The van der Waals surface area contributed by atoms with Crippen LogP contribution < -0.4 is 0 Å². The molecule has 0 aliphatic heterocycles. The van der Waals surface area contributed by atoms with Crippen molar-refractivity contribution in [3.63, 3.8) is 0 Å². The zero-order valence-corrected chi connectivity index (χ0v) is 10.9. The molecular formula is C10H15NO3S2. The minimum absolute atomic E-state index is 0.163. The minimum Gasteiger partial charge on any atom is -0.387 e. The first kappa shape index (κ1) is 13.5. The van der Waals surface area contributed by atoms with E-state index in [1.54, 1.807) is 19.2 Å². The van der Waals surface area contributed by atoms with Crippen molar-refractivity contribution in [1.82, 2.24) is 4.98 Å². The Hall–Kier alpha value is -0.590. The average molecular weight is 261 g/mol. The summed E-state index contributed by atoms with van der Waals surface area (Å²) in [6.07, 6.45) is 2.30. The second-order valence-electron chi connectivity index (χ2n) is 3.57. The maximum atomic E-state index is 10.9. The van der Waals surface area contributed by atoms with Crippen molar-refractivity contribution in [3.05, 3.63) is 24.0 Å². The van der Waals surface area contributed by atoms with Crippen LogP contribution in [-0.2, 0) is 9.84 Å². The fraction of sp³-hybridized carbons (Fsp3) is 0.500. The topological polar surface area (TPSA) is 67.3 Å². The van der Waals surface area contributed by atoms with E-state index in [9.17, 15) is 13.5 Å². The van der Waals surface area contributed by atoms with Gasteiger partial charge in [-0.3, -0.25) is 4.98 Å². The lowest BCUT2D eigenvalue weighted by Gasteiger charge is -2.04. The predicted molar refractivity (Wildman–Crippen MR) is 65.3 cm³/mol. The lowest BCUT2D eigenvalue weighted by Crippen LogP contribution is -2.05. The van der Waals surface area contributed by atoms with Crippen LogP contribution in [0, 0.1) is 0 Å².